The summed E-state index contributed by atoms with van der Waals surface area (Å²) in [6, 6.07) is 2.40. The van der Waals surface area contributed by atoms with E-state index in [1.807, 2.05) is 20.8 Å². The van der Waals surface area contributed by atoms with Crippen molar-refractivity contribution in [1.82, 2.24) is 5.32 Å². The molecule has 3 rings (SSSR count). The summed E-state index contributed by atoms with van der Waals surface area (Å²) in [7, 11) is 0. The molecule has 218 valence electrons. The first kappa shape index (κ1) is 36.2. The molecule has 1 aromatic rings. The van der Waals surface area contributed by atoms with Crippen LogP contribution in [0.1, 0.15) is 129 Å². The van der Waals surface area contributed by atoms with Crippen LogP contribution in [0.3, 0.4) is 0 Å². The SMILES string of the molecule is CC.CCCC(=O)C1C(=O)c2cc3c(cc2C1=O)C(=O)C(C(=O)CC)C3=O.CCCNCC.CCCOCC. The molecule has 8 nitrogen and oxygen atoms in total. The predicted octanol–water partition coefficient (Wildman–Crippen LogP) is 5.49. The fraction of sp³-hybridized carbons (Fsp3) is 0.613. The van der Waals surface area contributed by atoms with E-state index in [4.69, 9.17) is 4.74 Å². The van der Waals surface area contributed by atoms with E-state index in [1.54, 1.807) is 13.8 Å². The van der Waals surface area contributed by atoms with Crippen LogP contribution in [-0.2, 0) is 14.3 Å². The molecule has 0 bridgehead atoms. The Morgan fingerprint density at radius 1 is 0.692 bits per heavy atom. The molecule has 0 radical (unpaired) electrons. The average molecular weight is 546 g/mol. The lowest BCUT2D eigenvalue weighted by Gasteiger charge is -2.04. The van der Waals surface area contributed by atoms with Crippen molar-refractivity contribution in [2.45, 2.75) is 87.5 Å². The monoisotopic (exact) mass is 545 g/mol. The molecule has 2 aliphatic rings. The smallest absolute Gasteiger partial charge is 0.181 e. The first-order valence-electron chi connectivity index (χ1n) is 14.3. The highest BCUT2D eigenvalue weighted by molar-refractivity contribution is 6.39. The summed E-state index contributed by atoms with van der Waals surface area (Å²) in [6.07, 6.45) is 3.05. The van der Waals surface area contributed by atoms with Gasteiger partial charge in [-0.15, -0.1) is 0 Å². The third-order valence-corrected chi connectivity index (χ3v) is 5.99. The Balaban J connectivity index is 0.000000858. The van der Waals surface area contributed by atoms with Crippen LogP contribution in [0.25, 0.3) is 0 Å². The van der Waals surface area contributed by atoms with E-state index < -0.39 is 46.5 Å². The number of rotatable bonds is 11. The first-order chi connectivity index (χ1) is 18.7. The lowest BCUT2D eigenvalue weighted by Crippen LogP contribution is -2.25. The van der Waals surface area contributed by atoms with Gasteiger partial charge < -0.3 is 10.1 Å². The summed E-state index contributed by atoms with van der Waals surface area (Å²) in [4.78, 5) is 73.7. The molecule has 2 aliphatic carbocycles. The molecule has 0 spiro atoms. The molecular formula is C31H47NO7. The Morgan fingerprint density at radius 2 is 1.13 bits per heavy atom. The van der Waals surface area contributed by atoms with Gasteiger partial charge >= 0.3 is 0 Å². The first-order valence-corrected chi connectivity index (χ1v) is 14.3. The van der Waals surface area contributed by atoms with Crippen molar-refractivity contribution in [2.75, 3.05) is 26.3 Å². The molecule has 0 saturated carbocycles. The van der Waals surface area contributed by atoms with E-state index in [9.17, 15) is 28.8 Å². The number of nitrogens with one attached hydrogen (secondary N) is 1. The molecule has 0 saturated heterocycles. The molecule has 1 aromatic carbocycles. The van der Waals surface area contributed by atoms with E-state index in [-0.39, 0.29) is 35.1 Å². The highest BCUT2D eigenvalue weighted by atomic mass is 16.5. The zero-order chi connectivity index (χ0) is 30.1. The van der Waals surface area contributed by atoms with Crippen molar-refractivity contribution in [3.63, 3.8) is 0 Å². The molecule has 39 heavy (non-hydrogen) atoms. The molecule has 0 heterocycles. The van der Waals surface area contributed by atoms with Gasteiger partial charge in [0.25, 0.3) is 0 Å². The van der Waals surface area contributed by atoms with Crippen molar-refractivity contribution >= 4 is 34.7 Å². The van der Waals surface area contributed by atoms with Crippen molar-refractivity contribution in [2.24, 2.45) is 11.8 Å². The maximum absolute atomic E-state index is 12.5. The number of benzene rings is 1. The molecule has 1 N–H and O–H groups in total. The van der Waals surface area contributed by atoms with Crippen LogP contribution in [0.4, 0.5) is 0 Å². The van der Waals surface area contributed by atoms with Crippen molar-refractivity contribution in [1.29, 1.82) is 0 Å². The molecule has 0 amide bonds. The average Bonchev–Trinajstić information content (AvgIpc) is 3.34. The lowest BCUT2D eigenvalue weighted by molar-refractivity contribution is -0.121. The number of hydrogen-bond acceptors (Lipinski definition) is 8. The van der Waals surface area contributed by atoms with Gasteiger partial charge in [0.05, 0.1) is 0 Å². The van der Waals surface area contributed by atoms with Crippen LogP contribution in [0, 0.1) is 11.8 Å². The van der Waals surface area contributed by atoms with Gasteiger partial charge in [-0.3, -0.25) is 28.8 Å². The third kappa shape index (κ3) is 9.39. The molecule has 0 atom stereocenters. The number of Topliss-reactive ketones (excluding diaryl/α,β-unsaturated/α-hetero) is 6. The number of hydrogen-bond donors (Lipinski definition) is 1. The van der Waals surface area contributed by atoms with Gasteiger partial charge in [0, 0.05) is 48.3 Å². The standard InChI is InChI=1S/C19H16O6.C5H13N.C5H12O.C2H6/c1-3-5-13(21)15-18(24)10-6-8-9(7-11(10)19(15)25)17(23)14(16(8)22)12(20)4-2;2*1-3-5-6-4-2;1-2/h6-7,14-15H,3-5H2,1-2H3;6H,3-5H2,1-2H3;3-5H2,1-2H3;1-2H3. The second-order valence-electron chi connectivity index (χ2n) is 8.85. The van der Waals surface area contributed by atoms with Gasteiger partial charge in [-0.2, -0.15) is 0 Å². The number of carbonyl (C=O) groups is 6. The van der Waals surface area contributed by atoms with Gasteiger partial charge in [-0.25, -0.2) is 0 Å². The largest absolute Gasteiger partial charge is 0.382 e. The van der Waals surface area contributed by atoms with E-state index >= 15 is 0 Å². The quantitative estimate of drug-likeness (QED) is 0.286. The van der Waals surface area contributed by atoms with E-state index in [0.717, 1.165) is 32.7 Å². The fourth-order valence-electron chi connectivity index (χ4n) is 4.10. The highest BCUT2D eigenvalue weighted by Gasteiger charge is 2.48. The van der Waals surface area contributed by atoms with E-state index in [0.29, 0.717) is 6.42 Å². The Morgan fingerprint density at radius 3 is 1.38 bits per heavy atom. The molecular weight excluding hydrogens is 498 g/mol. The van der Waals surface area contributed by atoms with E-state index in [1.165, 1.54) is 18.6 Å². The van der Waals surface area contributed by atoms with Gasteiger partial charge in [0.2, 0.25) is 0 Å². The summed E-state index contributed by atoms with van der Waals surface area (Å²) < 4.78 is 4.98. The Bertz CT molecular complexity index is 941. The number of ether oxygens (including phenoxy) is 1. The summed E-state index contributed by atoms with van der Waals surface area (Å²) >= 11 is 0. The zero-order valence-corrected chi connectivity index (χ0v) is 25.0. The van der Waals surface area contributed by atoms with Crippen molar-refractivity contribution in [3.05, 3.63) is 34.4 Å². The highest BCUT2D eigenvalue weighted by Crippen LogP contribution is 2.36. The van der Waals surface area contributed by atoms with Crippen molar-refractivity contribution < 1.29 is 33.5 Å². The van der Waals surface area contributed by atoms with Gasteiger partial charge in [-0.1, -0.05) is 48.5 Å². The lowest BCUT2D eigenvalue weighted by atomic mass is 9.95. The topological polar surface area (TPSA) is 124 Å². The van der Waals surface area contributed by atoms with Crippen LogP contribution in [0.15, 0.2) is 12.1 Å². The Hall–Kier alpha value is -2.84. The fourth-order valence-corrected chi connectivity index (χ4v) is 4.10. The summed E-state index contributed by atoms with van der Waals surface area (Å²) in [6.45, 7) is 19.8. The maximum atomic E-state index is 12.5. The zero-order valence-electron chi connectivity index (χ0n) is 25.0. The maximum Gasteiger partial charge on any atom is 0.181 e. The van der Waals surface area contributed by atoms with Crippen LogP contribution in [0.2, 0.25) is 0 Å². The predicted molar refractivity (Wildman–Crippen MR) is 153 cm³/mol. The Labute approximate surface area is 233 Å². The van der Waals surface area contributed by atoms with Gasteiger partial charge in [0.1, 0.15) is 11.8 Å². The van der Waals surface area contributed by atoms with E-state index in [2.05, 4.69) is 26.1 Å². The number of carbonyl (C=O) groups excluding carboxylic acids is 6. The minimum absolute atomic E-state index is 0.0102. The summed E-state index contributed by atoms with van der Waals surface area (Å²) in [5.74, 6) is -6.25. The van der Waals surface area contributed by atoms with Crippen molar-refractivity contribution in [3.8, 4) is 0 Å². The Kier molecular flexibility index (Phi) is 17.9. The molecule has 0 fully saturated rings. The molecule has 0 unspecified atom stereocenters. The minimum Gasteiger partial charge on any atom is -0.382 e. The molecule has 8 heteroatoms. The molecule has 0 aromatic heterocycles. The van der Waals surface area contributed by atoms with Crippen LogP contribution < -0.4 is 5.32 Å². The third-order valence-electron chi connectivity index (χ3n) is 5.99. The normalized spacial score (nSPS) is 13.9. The molecule has 0 aliphatic heterocycles. The summed E-state index contributed by atoms with van der Waals surface area (Å²) in [5, 5.41) is 3.20. The van der Waals surface area contributed by atoms with Crippen LogP contribution in [0.5, 0.6) is 0 Å². The summed E-state index contributed by atoms with van der Waals surface area (Å²) in [5.41, 5.74) is -0.0477. The van der Waals surface area contributed by atoms with Crippen LogP contribution in [-0.4, -0.2) is 61.0 Å². The second-order valence-corrected chi connectivity index (χ2v) is 8.85. The number of ketones is 6. The van der Waals surface area contributed by atoms with Gasteiger partial charge in [0.15, 0.2) is 34.7 Å². The van der Waals surface area contributed by atoms with Gasteiger partial charge in [-0.05, 0) is 51.4 Å². The number of fused-ring (bicyclic) bond motifs is 2. The second kappa shape index (κ2) is 19.3. The van der Waals surface area contributed by atoms with Crippen LogP contribution >= 0.6 is 0 Å². The minimum atomic E-state index is -1.38.